The first-order valence-corrected chi connectivity index (χ1v) is 5.85. The SMILES string of the molecule is COc1ccccc1CN(C)C(=O)C(C)C(N)=NO. The van der Waals surface area contributed by atoms with E-state index in [0.717, 1.165) is 11.3 Å². The number of nitrogens with two attached hydrogens (primary N) is 1. The van der Waals surface area contributed by atoms with Crippen molar-refractivity contribution in [2.24, 2.45) is 16.8 Å². The third-order valence-electron chi connectivity index (χ3n) is 2.91. The number of benzene rings is 1. The van der Waals surface area contributed by atoms with Gasteiger partial charge in [0.15, 0.2) is 5.84 Å². The van der Waals surface area contributed by atoms with Gasteiger partial charge in [0.2, 0.25) is 5.91 Å². The van der Waals surface area contributed by atoms with Crippen molar-refractivity contribution in [3.63, 3.8) is 0 Å². The molecule has 0 saturated carbocycles. The first-order valence-electron chi connectivity index (χ1n) is 5.85. The third kappa shape index (κ3) is 3.61. The molecule has 6 nitrogen and oxygen atoms in total. The van der Waals surface area contributed by atoms with Crippen LogP contribution in [-0.2, 0) is 11.3 Å². The summed E-state index contributed by atoms with van der Waals surface area (Å²) >= 11 is 0. The summed E-state index contributed by atoms with van der Waals surface area (Å²) in [6.45, 7) is 1.99. The van der Waals surface area contributed by atoms with Gasteiger partial charge in [-0.15, -0.1) is 0 Å². The van der Waals surface area contributed by atoms with E-state index in [-0.39, 0.29) is 11.7 Å². The van der Waals surface area contributed by atoms with Crippen molar-refractivity contribution in [1.29, 1.82) is 0 Å². The number of nitrogens with zero attached hydrogens (tertiary/aromatic N) is 2. The fourth-order valence-corrected chi connectivity index (χ4v) is 1.71. The highest BCUT2D eigenvalue weighted by Gasteiger charge is 2.22. The molecule has 0 bridgehead atoms. The fraction of sp³-hybridized carbons (Fsp3) is 0.385. The van der Waals surface area contributed by atoms with Crippen LogP contribution in [-0.4, -0.2) is 36.0 Å². The first kappa shape index (κ1) is 14.8. The van der Waals surface area contributed by atoms with E-state index in [1.807, 2.05) is 24.3 Å². The summed E-state index contributed by atoms with van der Waals surface area (Å²) in [5.41, 5.74) is 6.33. The molecule has 104 valence electrons. The molecule has 0 heterocycles. The maximum absolute atomic E-state index is 12.1. The second-order valence-electron chi connectivity index (χ2n) is 4.25. The molecule has 0 aromatic heterocycles. The molecular formula is C13H19N3O3. The van der Waals surface area contributed by atoms with Gasteiger partial charge in [0.1, 0.15) is 5.75 Å². The zero-order valence-corrected chi connectivity index (χ0v) is 11.3. The normalized spacial score (nSPS) is 12.9. The quantitative estimate of drug-likeness (QED) is 0.360. The Bertz CT molecular complexity index is 474. The largest absolute Gasteiger partial charge is 0.496 e. The van der Waals surface area contributed by atoms with E-state index < -0.39 is 5.92 Å². The minimum Gasteiger partial charge on any atom is -0.496 e. The lowest BCUT2D eigenvalue weighted by atomic mass is 10.1. The average molecular weight is 265 g/mol. The van der Waals surface area contributed by atoms with Crippen molar-refractivity contribution in [3.8, 4) is 5.75 Å². The van der Waals surface area contributed by atoms with Gasteiger partial charge in [-0.05, 0) is 13.0 Å². The van der Waals surface area contributed by atoms with Crippen molar-refractivity contribution in [2.75, 3.05) is 14.2 Å². The molecule has 1 aromatic carbocycles. The van der Waals surface area contributed by atoms with Crippen LogP contribution in [0.2, 0.25) is 0 Å². The lowest BCUT2D eigenvalue weighted by Gasteiger charge is -2.21. The molecule has 0 saturated heterocycles. The van der Waals surface area contributed by atoms with E-state index in [4.69, 9.17) is 15.7 Å². The number of hydrogen-bond donors (Lipinski definition) is 2. The Balaban J connectivity index is 2.79. The Labute approximate surface area is 112 Å². The average Bonchev–Trinajstić information content (AvgIpc) is 2.45. The molecule has 0 radical (unpaired) electrons. The van der Waals surface area contributed by atoms with Crippen molar-refractivity contribution in [2.45, 2.75) is 13.5 Å². The van der Waals surface area contributed by atoms with Crippen LogP contribution in [0.3, 0.4) is 0 Å². The van der Waals surface area contributed by atoms with Gasteiger partial charge in [0, 0.05) is 19.2 Å². The molecule has 0 aliphatic heterocycles. The Morgan fingerprint density at radius 3 is 2.74 bits per heavy atom. The highest BCUT2D eigenvalue weighted by Crippen LogP contribution is 2.19. The maximum Gasteiger partial charge on any atom is 0.233 e. The van der Waals surface area contributed by atoms with E-state index in [0.29, 0.717) is 6.54 Å². The topological polar surface area (TPSA) is 88.2 Å². The van der Waals surface area contributed by atoms with Gasteiger partial charge in [-0.25, -0.2) is 0 Å². The summed E-state index contributed by atoms with van der Waals surface area (Å²) in [5, 5.41) is 11.4. The number of amidine groups is 1. The van der Waals surface area contributed by atoms with Gasteiger partial charge < -0.3 is 20.6 Å². The third-order valence-corrected chi connectivity index (χ3v) is 2.91. The molecule has 1 amide bonds. The van der Waals surface area contributed by atoms with Crippen LogP contribution >= 0.6 is 0 Å². The lowest BCUT2D eigenvalue weighted by molar-refractivity contribution is -0.132. The Hall–Kier alpha value is -2.24. The molecule has 0 spiro atoms. The number of hydrogen-bond acceptors (Lipinski definition) is 4. The van der Waals surface area contributed by atoms with E-state index in [1.165, 1.54) is 4.90 Å². The van der Waals surface area contributed by atoms with Gasteiger partial charge in [-0.2, -0.15) is 0 Å². The highest BCUT2D eigenvalue weighted by molar-refractivity contribution is 6.01. The summed E-state index contributed by atoms with van der Waals surface area (Å²) in [7, 11) is 3.25. The molecule has 0 aliphatic rings. The number of methoxy groups -OCH3 is 1. The molecule has 1 rings (SSSR count). The first-order chi connectivity index (χ1) is 9.01. The summed E-state index contributed by atoms with van der Waals surface area (Å²) < 4.78 is 5.23. The van der Waals surface area contributed by atoms with Crippen molar-refractivity contribution in [1.82, 2.24) is 4.90 Å². The number of ether oxygens (including phenoxy) is 1. The van der Waals surface area contributed by atoms with Crippen molar-refractivity contribution >= 4 is 11.7 Å². The molecular weight excluding hydrogens is 246 g/mol. The Morgan fingerprint density at radius 2 is 2.16 bits per heavy atom. The molecule has 6 heteroatoms. The van der Waals surface area contributed by atoms with E-state index in [9.17, 15) is 4.79 Å². The minimum atomic E-state index is -0.662. The van der Waals surface area contributed by atoms with Crippen LogP contribution in [0, 0.1) is 5.92 Å². The van der Waals surface area contributed by atoms with E-state index in [2.05, 4.69) is 5.16 Å². The van der Waals surface area contributed by atoms with Gasteiger partial charge >= 0.3 is 0 Å². The number of carbonyl (C=O) groups excluding carboxylic acids is 1. The molecule has 1 atom stereocenters. The summed E-state index contributed by atoms with van der Waals surface area (Å²) in [6.07, 6.45) is 0. The van der Waals surface area contributed by atoms with E-state index in [1.54, 1.807) is 21.1 Å². The highest BCUT2D eigenvalue weighted by atomic mass is 16.5. The molecule has 19 heavy (non-hydrogen) atoms. The van der Waals surface area contributed by atoms with Crippen LogP contribution in [0.5, 0.6) is 5.75 Å². The zero-order chi connectivity index (χ0) is 14.4. The summed E-state index contributed by atoms with van der Waals surface area (Å²) in [6, 6.07) is 7.46. The number of amides is 1. The smallest absolute Gasteiger partial charge is 0.233 e. The van der Waals surface area contributed by atoms with Gasteiger partial charge in [0.05, 0.1) is 13.0 Å². The minimum absolute atomic E-state index is 0.100. The number of carbonyl (C=O) groups is 1. The predicted molar refractivity (Wildman–Crippen MR) is 72.0 cm³/mol. The Morgan fingerprint density at radius 1 is 1.53 bits per heavy atom. The maximum atomic E-state index is 12.1. The van der Waals surface area contributed by atoms with Crippen LogP contribution in [0.4, 0.5) is 0 Å². The van der Waals surface area contributed by atoms with Crippen molar-refractivity contribution < 1.29 is 14.7 Å². The Kier molecular flexibility index (Phi) is 5.17. The second-order valence-corrected chi connectivity index (χ2v) is 4.25. The van der Waals surface area contributed by atoms with E-state index >= 15 is 0 Å². The zero-order valence-electron chi connectivity index (χ0n) is 11.3. The van der Waals surface area contributed by atoms with Gasteiger partial charge in [0.25, 0.3) is 0 Å². The number of rotatable bonds is 5. The molecule has 1 aromatic rings. The van der Waals surface area contributed by atoms with Crippen LogP contribution in [0.15, 0.2) is 29.4 Å². The molecule has 0 aliphatic carbocycles. The second kappa shape index (κ2) is 6.63. The van der Waals surface area contributed by atoms with Crippen LogP contribution in [0.25, 0.3) is 0 Å². The van der Waals surface area contributed by atoms with Crippen molar-refractivity contribution in [3.05, 3.63) is 29.8 Å². The van der Waals surface area contributed by atoms with Crippen LogP contribution in [0.1, 0.15) is 12.5 Å². The summed E-state index contributed by atoms with van der Waals surface area (Å²) in [5.74, 6) is -0.263. The predicted octanol–water partition coefficient (Wildman–Crippen LogP) is 1.04. The lowest BCUT2D eigenvalue weighted by Crippen LogP contribution is -2.38. The number of para-hydroxylation sites is 1. The fourth-order valence-electron chi connectivity index (χ4n) is 1.71. The van der Waals surface area contributed by atoms with Gasteiger partial charge in [-0.3, -0.25) is 4.79 Å². The van der Waals surface area contributed by atoms with Gasteiger partial charge in [-0.1, -0.05) is 23.4 Å². The monoisotopic (exact) mass is 265 g/mol. The standard InChI is InChI=1S/C13H19N3O3/c1-9(12(14)15-18)13(17)16(2)8-10-6-4-5-7-11(10)19-3/h4-7,9,18H,8H2,1-3H3,(H2,14,15). The van der Waals surface area contributed by atoms with Crippen LogP contribution < -0.4 is 10.5 Å². The summed E-state index contributed by atoms with van der Waals surface area (Å²) in [4.78, 5) is 13.6. The molecule has 0 fully saturated rings. The molecule has 1 unspecified atom stereocenters. The number of oxime groups is 1. The molecule has 3 N–H and O–H groups in total.